The number of anilines is 4. The van der Waals surface area contributed by atoms with Crippen LogP contribution in [0, 0.1) is 13.8 Å². The van der Waals surface area contributed by atoms with Crippen molar-refractivity contribution in [2.24, 2.45) is 0 Å². The SMILES string of the molecule is Cc1cc(N2C(=O)N(CCCCCN3C(=O)N(c4ccc(N)c(C)c4)C(=O)C3(C)C)C(C)(C)C2=O)ccc1N. The molecule has 2 aromatic rings. The number of amides is 6. The van der Waals surface area contributed by atoms with E-state index in [1.54, 1.807) is 73.9 Å². The summed E-state index contributed by atoms with van der Waals surface area (Å²) in [5.74, 6) is -0.560. The molecule has 0 aliphatic carbocycles. The summed E-state index contributed by atoms with van der Waals surface area (Å²) in [6.45, 7) is 11.5. The highest BCUT2D eigenvalue weighted by Crippen LogP contribution is 2.35. The number of hydrogen-bond acceptors (Lipinski definition) is 6. The molecule has 208 valence electrons. The second-order valence-electron chi connectivity index (χ2n) is 11.4. The normalized spacial score (nSPS) is 18.6. The lowest BCUT2D eigenvalue weighted by Crippen LogP contribution is -2.45. The standard InChI is InChI=1S/C29H38N6O4/c1-18-16-20(10-12-22(18)30)34-24(36)28(3,4)32(26(34)38)14-8-7-9-15-33-27(39)35(25(37)29(33,5)6)21-11-13-23(31)19(2)17-21/h10-13,16-17H,7-9,14-15,30-31H2,1-6H3. The Morgan fingerprint density at radius 1 is 0.615 bits per heavy atom. The third-order valence-electron chi connectivity index (χ3n) is 7.93. The van der Waals surface area contributed by atoms with Crippen molar-refractivity contribution in [1.29, 1.82) is 0 Å². The van der Waals surface area contributed by atoms with Gasteiger partial charge in [-0.3, -0.25) is 9.59 Å². The number of nitrogen functional groups attached to an aromatic ring is 2. The quantitative estimate of drug-likeness (QED) is 0.292. The van der Waals surface area contributed by atoms with Gasteiger partial charge >= 0.3 is 12.1 Å². The summed E-state index contributed by atoms with van der Waals surface area (Å²) < 4.78 is 0. The van der Waals surface area contributed by atoms with Crippen molar-refractivity contribution in [3.63, 3.8) is 0 Å². The van der Waals surface area contributed by atoms with Crippen LogP contribution in [0.2, 0.25) is 0 Å². The minimum absolute atomic E-state index is 0.280. The van der Waals surface area contributed by atoms with Gasteiger partial charge in [-0.1, -0.05) is 0 Å². The van der Waals surface area contributed by atoms with Crippen molar-refractivity contribution >= 4 is 46.6 Å². The molecule has 2 aliphatic heterocycles. The first-order valence-corrected chi connectivity index (χ1v) is 13.2. The number of nitrogens with zero attached hydrogens (tertiary/aromatic N) is 4. The molecule has 10 heteroatoms. The van der Waals surface area contributed by atoms with Gasteiger partial charge in [0.15, 0.2) is 0 Å². The lowest BCUT2D eigenvalue weighted by atomic mass is 10.0. The molecular weight excluding hydrogens is 496 g/mol. The first-order chi connectivity index (χ1) is 18.2. The summed E-state index contributed by atoms with van der Waals surface area (Å²) in [4.78, 5) is 58.5. The Labute approximate surface area is 229 Å². The Balaban J connectivity index is 1.37. The number of carbonyl (C=O) groups is 4. The third kappa shape index (κ3) is 4.68. The van der Waals surface area contributed by atoms with Crippen LogP contribution >= 0.6 is 0 Å². The number of carbonyl (C=O) groups excluding carboxylic acids is 4. The number of benzene rings is 2. The highest BCUT2D eigenvalue weighted by Gasteiger charge is 2.52. The van der Waals surface area contributed by atoms with Gasteiger partial charge in [0.1, 0.15) is 11.1 Å². The van der Waals surface area contributed by atoms with Crippen LogP contribution in [0.3, 0.4) is 0 Å². The fourth-order valence-corrected chi connectivity index (χ4v) is 5.19. The van der Waals surface area contributed by atoms with Gasteiger partial charge in [-0.15, -0.1) is 0 Å². The van der Waals surface area contributed by atoms with E-state index in [4.69, 9.17) is 11.5 Å². The summed E-state index contributed by atoms with van der Waals surface area (Å²) in [6.07, 6.45) is 2.01. The molecule has 0 radical (unpaired) electrons. The molecule has 0 atom stereocenters. The maximum Gasteiger partial charge on any atom is 0.332 e. The van der Waals surface area contributed by atoms with Crippen LogP contribution in [0.4, 0.5) is 32.3 Å². The zero-order valence-electron chi connectivity index (χ0n) is 23.6. The number of rotatable bonds is 8. The largest absolute Gasteiger partial charge is 0.399 e. The zero-order valence-corrected chi connectivity index (χ0v) is 23.6. The molecule has 0 aromatic heterocycles. The smallest absolute Gasteiger partial charge is 0.332 e. The van der Waals surface area contributed by atoms with Gasteiger partial charge in [0.25, 0.3) is 11.8 Å². The predicted molar refractivity (Wildman–Crippen MR) is 152 cm³/mol. The molecule has 6 amide bonds. The van der Waals surface area contributed by atoms with E-state index in [2.05, 4.69) is 0 Å². The van der Waals surface area contributed by atoms with E-state index >= 15 is 0 Å². The van der Waals surface area contributed by atoms with Crippen molar-refractivity contribution in [2.45, 2.75) is 71.9 Å². The number of aryl methyl sites for hydroxylation is 2. The Kier molecular flexibility index (Phi) is 7.10. The summed E-state index contributed by atoms with van der Waals surface area (Å²) in [6, 6.07) is 9.54. The molecule has 2 aromatic carbocycles. The first kappa shape index (κ1) is 27.9. The van der Waals surface area contributed by atoms with E-state index in [-0.39, 0.29) is 23.9 Å². The van der Waals surface area contributed by atoms with Gasteiger partial charge in [0.05, 0.1) is 11.4 Å². The molecule has 2 fully saturated rings. The fraction of sp³-hybridized carbons (Fsp3) is 0.448. The van der Waals surface area contributed by atoms with Crippen LogP contribution < -0.4 is 21.3 Å². The summed E-state index contributed by atoms with van der Waals surface area (Å²) >= 11 is 0. The predicted octanol–water partition coefficient (Wildman–Crippen LogP) is 4.43. The number of urea groups is 2. The maximum atomic E-state index is 13.3. The van der Waals surface area contributed by atoms with E-state index in [1.807, 2.05) is 13.8 Å². The molecule has 4 rings (SSSR count). The van der Waals surface area contributed by atoms with Gasteiger partial charge in [-0.2, -0.15) is 0 Å². The van der Waals surface area contributed by atoms with Crippen LogP contribution in [0.15, 0.2) is 36.4 Å². The van der Waals surface area contributed by atoms with E-state index in [1.165, 1.54) is 9.80 Å². The molecule has 0 bridgehead atoms. The van der Waals surface area contributed by atoms with Crippen LogP contribution in [-0.4, -0.2) is 57.8 Å². The van der Waals surface area contributed by atoms with Crippen molar-refractivity contribution in [3.05, 3.63) is 47.5 Å². The summed E-state index contributed by atoms with van der Waals surface area (Å²) in [5.41, 5.74) is 13.7. The van der Waals surface area contributed by atoms with E-state index in [0.29, 0.717) is 55.1 Å². The lowest BCUT2D eigenvalue weighted by Gasteiger charge is -2.29. The Bertz CT molecular complexity index is 1250. The molecule has 39 heavy (non-hydrogen) atoms. The van der Waals surface area contributed by atoms with Gasteiger partial charge in [-0.05, 0) is 108 Å². The lowest BCUT2D eigenvalue weighted by molar-refractivity contribution is -0.124. The van der Waals surface area contributed by atoms with E-state index in [0.717, 1.165) is 11.1 Å². The van der Waals surface area contributed by atoms with Crippen LogP contribution in [0.5, 0.6) is 0 Å². The molecule has 4 N–H and O–H groups in total. The zero-order chi connectivity index (χ0) is 28.9. The molecule has 2 heterocycles. The number of hydrogen-bond donors (Lipinski definition) is 2. The molecule has 2 saturated heterocycles. The Morgan fingerprint density at radius 2 is 0.974 bits per heavy atom. The van der Waals surface area contributed by atoms with E-state index in [9.17, 15) is 19.2 Å². The molecule has 2 aliphatic rings. The van der Waals surface area contributed by atoms with Gasteiger partial charge in [0.2, 0.25) is 0 Å². The molecule has 10 nitrogen and oxygen atoms in total. The Morgan fingerprint density at radius 3 is 1.31 bits per heavy atom. The highest BCUT2D eigenvalue weighted by atomic mass is 16.2. The number of nitrogens with two attached hydrogens (primary N) is 2. The molecule has 0 saturated carbocycles. The van der Waals surface area contributed by atoms with Crippen molar-refractivity contribution in [1.82, 2.24) is 9.80 Å². The van der Waals surface area contributed by atoms with E-state index < -0.39 is 11.1 Å². The topological polar surface area (TPSA) is 133 Å². The highest BCUT2D eigenvalue weighted by molar-refractivity contribution is 6.23. The average Bonchev–Trinajstić information content (AvgIpc) is 3.14. The van der Waals surface area contributed by atoms with Gasteiger partial charge in [-0.25, -0.2) is 19.4 Å². The first-order valence-electron chi connectivity index (χ1n) is 13.2. The molecule has 0 unspecified atom stereocenters. The summed E-state index contributed by atoms with van der Waals surface area (Å²) in [7, 11) is 0. The van der Waals surface area contributed by atoms with Crippen molar-refractivity contribution in [3.8, 4) is 0 Å². The third-order valence-corrected chi connectivity index (χ3v) is 7.93. The Hall–Kier alpha value is -4.08. The second kappa shape index (κ2) is 9.91. The van der Waals surface area contributed by atoms with Crippen molar-refractivity contribution < 1.29 is 19.2 Å². The van der Waals surface area contributed by atoms with Crippen LogP contribution in [0.1, 0.15) is 58.1 Å². The van der Waals surface area contributed by atoms with Crippen molar-refractivity contribution in [2.75, 3.05) is 34.4 Å². The fourth-order valence-electron chi connectivity index (χ4n) is 5.19. The average molecular weight is 535 g/mol. The minimum atomic E-state index is -0.983. The second-order valence-corrected chi connectivity index (χ2v) is 11.4. The maximum absolute atomic E-state index is 13.3. The minimum Gasteiger partial charge on any atom is -0.399 e. The number of unbranched alkanes of at least 4 members (excludes halogenated alkanes) is 2. The molecular formula is C29H38N6O4. The van der Waals surface area contributed by atoms with Gasteiger partial charge in [0, 0.05) is 24.5 Å². The van der Waals surface area contributed by atoms with Crippen LogP contribution in [0.25, 0.3) is 0 Å². The van der Waals surface area contributed by atoms with Crippen LogP contribution in [-0.2, 0) is 9.59 Å². The molecule has 0 spiro atoms. The summed E-state index contributed by atoms with van der Waals surface area (Å²) in [5, 5.41) is 0. The van der Waals surface area contributed by atoms with Gasteiger partial charge < -0.3 is 21.3 Å². The monoisotopic (exact) mass is 534 g/mol. The number of imide groups is 2.